The van der Waals surface area contributed by atoms with E-state index in [1.807, 2.05) is 4.98 Å². The van der Waals surface area contributed by atoms with Crippen LogP contribution in [0.15, 0.2) is 9.59 Å². The number of anilines is 1. The number of hydrogen-bond donors (Lipinski definition) is 3. The molecule has 0 atom stereocenters. The van der Waals surface area contributed by atoms with Crippen LogP contribution in [0, 0.1) is 0 Å². The molecule has 0 spiro atoms. The summed E-state index contributed by atoms with van der Waals surface area (Å²) in [7, 11) is 0. The second kappa shape index (κ2) is 6.15. The van der Waals surface area contributed by atoms with Crippen LogP contribution in [0.3, 0.4) is 0 Å². The third-order valence-corrected chi connectivity index (χ3v) is 2.32. The summed E-state index contributed by atoms with van der Waals surface area (Å²) >= 11 is 2.89. The van der Waals surface area contributed by atoms with Crippen LogP contribution in [-0.2, 0) is 9.53 Å². The molecule has 98 valence electrons. The number of esters is 1. The first-order chi connectivity index (χ1) is 8.49. The summed E-state index contributed by atoms with van der Waals surface area (Å²) in [6, 6.07) is 0. The Kier molecular flexibility index (Phi) is 4.84. The maximum Gasteiger partial charge on any atom is 0.357 e. The van der Waals surface area contributed by atoms with Gasteiger partial charge in [-0.1, -0.05) is 15.9 Å². The number of aromatic amines is 2. The number of rotatable bonds is 4. The fraction of sp³-hybridized carbons (Fsp3) is 0.333. The van der Waals surface area contributed by atoms with Crippen LogP contribution >= 0.6 is 15.9 Å². The highest BCUT2D eigenvalue weighted by Crippen LogP contribution is 2.06. The van der Waals surface area contributed by atoms with Crippen molar-refractivity contribution in [3.8, 4) is 0 Å². The zero-order valence-electron chi connectivity index (χ0n) is 9.33. The maximum absolute atomic E-state index is 11.5. The van der Waals surface area contributed by atoms with Gasteiger partial charge in [0.05, 0.1) is 11.9 Å². The van der Waals surface area contributed by atoms with E-state index in [0.29, 0.717) is 0 Å². The van der Waals surface area contributed by atoms with E-state index < -0.39 is 23.1 Å². The number of ether oxygens (including phenoxy) is 1. The van der Waals surface area contributed by atoms with Crippen LogP contribution in [0.25, 0.3) is 0 Å². The highest BCUT2D eigenvalue weighted by Gasteiger charge is 2.19. The Morgan fingerprint density at radius 2 is 2.00 bits per heavy atom. The molecule has 0 radical (unpaired) electrons. The molecule has 0 unspecified atom stereocenters. The van der Waals surface area contributed by atoms with Gasteiger partial charge >= 0.3 is 11.7 Å². The van der Waals surface area contributed by atoms with Gasteiger partial charge in [0.15, 0.2) is 5.69 Å². The van der Waals surface area contributed by atoms with E-state index in [9.17, 15) is 19.2 Å². The molecule has 0 saturated carbocycles. The van der Waals surface area contributed by atoms with Gasteiger partial charge in [0.1, 0.15) is 5.69 Å². The van der Waals surface area contributed by atoms with E-state index in [2.05, 4.69) is 31.0 Å². The average molecular weight is 320 g/mol. The summed E-state index contributed by atoms with van der Waals surface area (Å²) in [6.45, 7) is 1.64. The van der Waals surface area contributed by atoms with Gasteiger partial charge < -0.3 is 10.1 Å². The average Bonchev–Trinajstić information content (AvgIpc) is 2.32. The molecule has 0 aliphatic rings. The molecule has 1 amide bonds. The van der Waals surface area contributed by atoms with Crippen molar-refractivity contribution in [3.63, 3.8) is 0 Å². The van der Waals surface area contributed by atoms with Crippen LogP contribution in [0.4, 0.5) is 5.69 Å². The molecule has 9 heteroatoms. The van der Waals surface area contributed by atoms with E-state index in [0.717, 1.165) is 0 Å². The first-order valence-electron chi connectivity index (χ1n) is 4.89. The minimum atomic E-state index is -0.898. The molecule has 1 rings (SSSR count). The van der Waals surface area contributed by atoms with Crippen molar-refractivity contribution in [3.05, 3.63) is 26.5 Å². The van der Waals surface area contributed by atoms with Crippen molar-refractivity contribution in [2.24, 2.45) is 0 Å². The second-order valence-electron chi connectivity index (χ2n) is 3.06. The molecular weight excluding hydrogens is 310 g/mol. The van der Waals surface area contributed by atoms with Crippen molar-refractivity contribution in [2.45, 2.75) is 6.92 Å². The van der Waals surface area contributed by atoms with Gasteiger partial charge in [-0.25, -0.2) is 9.59 Å². The van der Waals surface area contributed by atoms with E-state index in [1.165, 1.54) is 0 Å². The SMILES string of the molecule is CCOC(=O)c1[nH]c(=O)[nH]c(=O)c1NC(=O)CBr. The van der Waals surface area contributed by atoms with Gasteiger partial charge in [-0.3, -0.25) is 19.6 Å². The number of amides is 1. The zero-order valence-corrected chi connectivity index (χ0v) is 10.9. The number of carbonyl (C=O) groups is 2. The molecule has 0 aromatic carbocycles. The maximum atomic E-state index is 11.5. The van der Waals surface area contributed by atoms with Crippen molar-refractivity contribution in [1.29, 1.82) is 0 Å². The number of alkyl halides is 1. The first-order valence-corrected chi connectivity index (χ1v) is 6.01. The molecule has 1 aromatic rings. The standard InChI is InChI=1S/C9H10BrN3O5/c1-2-18-8(16)6-5(11-4(14)3-10)7(15)13-9(17)12-6/h2-3H2,1H3,(H,11,14)(H2,12,13,15,17). The molecule has 0 fully saturated rings. The Labute approximate surface area is 109 Å². The highest BCUT2D eigenvalue weighted by molar-refractivity contribution is 9.09. The molecule has 1 aromatic heterocycles. The van der Waals surface area contributed by atoms with Crippen LogP contribution in [0.2, 0.25) is 0 Å². The van der Waals surface area contributed by atoms with Crippen LogP contribution < -0.4 is 16.6 Å². The number of H-pyrrole nitrogens is 2. The molecule has 1 heterocycles. The normalized spacial score (nSPS) is 9.89. The van der Waals surface area contributed by atoms with Crippen LogP contribution in [-0.4, -0.2) is 33.8 Å². The van der Waals surface area contributed by atoms with Gasteiger partial charge in [-0.15, -0.1) is 0 Å². The van der Waals surface area contributed by atoms with Gasteiger partial charge in [0.2, 0.25) is 5.91 Å². The molecule has 3 N–H and O–H groups in total. The van der Waals surface area contributed by atoms with E-state index >= 15 is 0 Å². The molecule has 0 aliphatic heterocycles. The fourth-order valence-electron chi connectivity index (χ4n) is 1.13. The molecular formula is C9H10BrN3O5. The Balaban J connectivity index is 3.29. The second-order valence-corrected chi connectivity index (χ2v) is 3.62. The topological polar surface area (TPSA) is 121 Å². The predicted molar refractivity (Wildman–Crippen MR) is 66.1 cm³/mol. The van der Waals surface area contributed by atoms with Gasteiger partial charge in [-0.05, 0) is 6.92 Å². The number of carbonyl (C=O) groups excluding carboxylic acids is 2. The number of halogens is 1. The lowest BCUT2D eigenvalue weighted by molar-refractivity contribution is -0.113. The molecule has 0 saturated heterocycles. The number of aromatic nitrogens is 2. The summed E-state index contributed by atoms with van der Waals surface area (Å²) in [4.78, 5) is 49.3. The lowest BCUT2D eigenvalue weighted by Gasteiger charge is -2.07. The smallest absolute Gasteiger partial charge is 0.357 e. The summed E-state index contributed by atoms with van der Waals surface area (Å²) < 4.78 is 4.67. The lowest BCUT2D eigenvalue weighted by Crippen LogP contribution is -2.31. The highest BCUT2D eigenvalue weighted by atomic mass is 79.9. The molecule has 18 heavy (non-hydrogen) atoms. The minimum Gasteiger partial charge on any atom is -0.461 e. The van der Waals surface area contributed by atoms with Crippen molar-refractivity contribution in [2.75, 3.05) is 17.3 Å². The van der Waals surface area contributed by atoms with Crippen molar-refractivity contribution < 1.29 is 14.3 Å². The zero-order chi connectivity index (χ0) is 13.7. The Morgan fingerprint density at radius 1 is 1.33 bits per heavy atom. The Morgan fingerprint density at radius 3 is 2.56 bits per heavy atom. The Hall–Kier alpha value is -1.90. The molecule has 0 bridgehead atoms. The third kappa shape index (κ3) is 3.29. The number of hydrogen-bond acceptors (Lipinski definition) is 5. The summed E-state index contributed by atoms with van der Waals surface area (Å²) in [5.41, 5.74) is -2.48. The quantitative estimate of drug-likeness (QED) is 0.513. The van der Waals surface area contributed by atoms with Crippen molar-refractivity contribution >= 4 is 33.5 Å². The summed E-state index contributed by atoms with van der Waals surface area (Å²) in [5.74, 6) is -1.44. The lowest BCUT2D eigenvalue weighted by atomic mass is 10.3. The summed E-state index contributed by atoms with van der Waals surface area (Å²) in [5, 5.41) is 2.13. The predicted octanol–water partition coefficient (Wildman–Crippen LogP) is -0.427. The van der Waals surface area contributed by atoms with Crippen LogP contribution in [0.1, 0.15) is 17.4 Å². The van der Waals surface area contributed by atoms with Crippen molar-refractivity contribution in [1.82, 2.24) is 9.97 Å². The molecule has 0 aliphatic carbocycles. The first kappa shape index (κ1) is 14.2. The summed E-state index contributed by atoms with van der Waals surface area (Å²) in [6.07, 6.45) is 0. The van der Waals surface area contributed by atoms with Crippen LogP contribution in [0.5, 0.6) is 0 Å². The minimum absolute atomic E-state index is 0.0617. The molecule has 8 nitrogen and oxygen atoms in total. The Bertz CT molecular complexity index is 576. The number of nitrogens with one attached hydrogen (secondary N) is 3. The van der Waals surface area contributed by atoms with E-state index in [-0.39, 0.29) is 23.3 Å². The largest absolute Gasteiger partial charge is 0.461 e. The van der Waals surface area contributed by atoms with Gasteiger partial charge in [-0.2, -0.15) is 0 Å². The van der Waals surface area contributed by atoms with Gasteiger partial charge in [0.25, 0.3) is 5.56 Å². The van der Waals surface area contributed by atoms with E-state index in [1.54, 1.807) is 6.92 Å². The monoisotopic (exact) mass is 319 g/mol. The fourth-order valence-corrected chi connectivity index (χ4v) is 1.28. The van der Waals surface area contributed by atoms with E-state index in [4.69, 9.17) is 0 Å². The third-order valence-electron chi connectivity index (χ3n) is 1.81. The van der Waals surface area contributed by atoms with Gasteiger partial charge in [0, 0.05) is 0 Å².